The molecule has 1 fully saturated rings. The molecule has 0 unspecified atom stereocenters. The van der Waals surface area contributed by atoms with Gasteiger partial charge in [-0.3, -0.25) is 14.9 Å². The van der Waals surface area contributed by atoms with Gasteiger partial charge in [0.1, 0.15) is 6.61 Å². The number of carbonyl (C=O) groups is 1. The zero-order valence-corrected chi connectivity index (χ0v) is 8.46. The minimum Gasteiger partial charge on any atom is -0.370 e. The van der Waals surface area contributed by atoms with E-state index < -0.39 is 4.92 Å². The fourth-order valence-corrected chi connectivity index (χ4v) is 1.57. The van der Waals surface area contributed by atoms with Gasteiger partial charge >= 0.3 is 0 Å². The summed E-state index contributed by atoms with van der Waals surface area (Å²) in [7, 11) is 0. The third kappa shape index (κ3) is 2.01. The van der Waals surface area contributed by atoms with Crippen LogP contribution in [0.5, 0.6) is 0 Å². The number of ether oxygens (including phenoxy) is 1. The molecule has 1 aliphatic heterocycles. The van der Waals surface area contributed by atoms with Gasteiger partial charge in [0.05, 0.1) is 17.2 Å². The first-order valence-electron chi connectivity index (χ1n) is 4.81. The van der Waals surface area contributed by atoms with Crippen LogP contribution in [0.3, 0.4) is 0 Å². The Morgan fingerprint density at radius 3 is 2.94 bits per heavy atom. The second-order valence-corrected chi connectivity index (χ2v) is 3.37. The molecule has 0 spiro atoms. The summed E-state index contributed by atoms with van der Waals surface area (Å²) in [5.41, 5.74) is 0.527. The maximum atomic E-state index is 11.5. The van der Waals surface area contributed by atoms with Gasteiger partial charge in [-0.25, -0.2) is 0 Å². The molecule has 0 aliphatic carbocycles. The van der Waals surface area contributed by atoms with Gasteiger partial charge in [-0.05, 0) is 6.07 Å². The lowest BCUT2D eigenvalue weighted by molar-refractivity contribution is -0.384. The summed E-state index contributed by atoms with van der Waals surface area (Å²) in [6.07, 6.45) is 0. The Labute approximate surface area is 91.6 Å². The molecule has 0 saturated carbocycles. The average molecular weight is 222 g/mol. The van der Waals surface area contributed by atoms with E-state index in [1.807, 2.05) is 0 Å². The van der Waals surface area contributed by atoms with Crippen LogP contribution in [0.4, 0.5) is 11.4 Å². The zero-order valence-electron chi connectivity index (χ0n) is 8.46. The Morgan fingerprint density at radius 1 is 1.44 bits per heavy atom. The van der Waals surface area contributed by atoms with E-state index in [1.165, 1.54) is 17.0 Å². The van der Waals surface area contributed by atoms with Crippen molar-refractivity contribution < 1.29 is 14.5 Å². The molecule has 6 heteroatoms. The first-order valence-corrected chi connectivity index (χ1v) is 4.81. The van der Waals surface area contributed by atoms with Gasteiger partial charge < -0.3 is 9.64 Å². The minimum atomic E-state index is -0.478. The van der Waals surface area contributed by atoms with Crippen LogP contribution in [-0.2, 0) is 9.53 Å². The van der Waals surface area contributed by atoms with E-state index in [4.69, 9.17) is 4.74 Å². The quantitative estimate of drug-likeness (QED) is 0.551. The van der Waals surface area contributed by atoms with Gasteiger partial charge in [-0.15, -0.1) is 0 Å². The molecule has 6 nitrogen and oxygen atoms in total. The van der Waals surface area contributed by atoms with Crippen LogP contribution in [-0.4, -0.2) is 30.6 Å². The lowest BCUT2D eigenvalue weighted by Gasteiger charge is -2.26. The van der Waals surface area contributed by atoms with Crippen molar-refractivity contribution in [2.75, 3.05) is 24.7 Å². The molecule has 0 radical (unpaired) electrons. The minimum absolute atomic E-state index is 0.0169. The lowest BCUT2D eigenvalue weighted by atomic mass is 10.2. The van der Waals surface area contributed by atoms with E-state index in [0.29, 0.717) is 18.8 Å². The number of hydrogen-bond donors (Lipinski definition) is 0. The lowest BCUT2D eigenvalue weighted by Crippen LogP contribution is -2.41. The standard InChI is InChI=1S/C10H10N2O4/c13-10-7-16-5-4-11(10)8-2-1-3-9(6-8)12(14)15/h1-3,6H,4-5,7H2. The summed E-state index contributed by atoms with van der Waals surface area (Å²) >= 11 is 0. The van der Waals surface area contributed by atoms with Crippen LogP contribution in [0.25, 0.3) is 0 Å². The topological polar surface area (TPSA) is 72.7 Å². The van der Waals surface area contributed by atoms with Crippen LogP contribution in [0.15, 0.2) is 24.3 Å². The summed E-state index contributed by atoms with van der Waals surface area (Å²) in [6, 6.07) is 6.03. The molecule has 0 aromatic heterocycles. The fraction of sp³-hybridized carbons (Fsp3) is 0.300. The molecule has 2 rings (SSSR count). The normalized spacial score (nSPS) is 16.2. The van der Waals surface area contributed by atoms with E-state index in [2.05, 4.69) is 0 Å². The van der Waals surface area contributed by atoms with Crippen LogP contribution < -0.4 is 4.90 Å². The molecule has 0 atom stereocenters. The van der Waals surface area contributed by atoms with Gasteiger partial charge in [0, 0.05) is 18.7 Å². The zero-order chi connectivity index (χ0) is 11.5. The summed E-state index contributed by atoms with van der Waals surface area (Å²) < 4.78 is 4.99. The van der Waals surface area contributed by atoms with Crippen LogP contribution >= 0.6 is 0 Å². The molecular formula is C10H10N2O4. The van der Waals surface area contributed by atoms with Crippen LogP contribution in [0.1, 0.15) is 0 Å². The third-order valence-corrected chi connectivity index (χ3v) is 2.34. The molecule has 84 valence electrons. The third-order valence-electron chi connectivity index (χ3n) is 2.34. The van der Waals surface area contributed by atoms with Gasteiger partial charge in [0.2, 0.25) is 0 Å². The number of anilines is 1. The first kappa shape index (κ1) is 10.6. The van der Waals surface area contributed by atoms with Crippen molar-refractivity contribution >= 4 is 17.3 Å². The van der Waals surface area contributed by atoms with Crippen molar-refractivity contribution in [2.45, 2.75) is 0 Å². The number of morpholine rings is 1. The maximum absolute atomic E-state index is 11.5. The molecule has 1 aliphatic rings. The Balaban J connectivity index is 2.28. The van der Waals surface area contributed by atoms with Gasteiger partial charge in [-0.1, -0.05) is 6.07 Å². The van der Waals surface area contributed by atoms with Crippen molar-refractivity contribution in [1.29, 1.82) is 0 Å². The van der Waals surface area contributed by atoms with Crippen molar-refractivity contribution in [3.8, 4) is 0 Å². The predicted molar refractivity (Wildman–Crippen MR) is 56.3 cm³/mol. The number of nitro benzene ring substituents is 1. The average Bonchev–Trinajstić information content (AvgIpc) is 2.30. The van der Waals surface area contributed by atoms with E-state index >= 15 is 0 Å². The highest BCUT2D eigenvalue weighted by molar-refractivity contribution is 5.95. The number of benzene rings is 1. The largest absolute Gasteiger partial charge is 0.370 e. The highest BCUT2D eigenvalue weighted by Gasteiger charge is 2.21. The molecule has 1 saturated heterocycles. The summed E-state index contributed by atoms with van der Waals surface area (Å²) in [6.45, 7) is 0.914. The van der Waals surface area contributed by atoms with Gasteiger partial charge in [-0.2, -0.15) is 0 Å². The maximum Gasteiger partial charge on any atom is 0.271 e. The number of amides is 1. The second-order valence-electron chi connectivity index (χ2n) is 3.37. The van der Waals surface area contributed by atoms with E-state index in [1.54, 1.807) is 12.1 Å². The Hall–Kier alpha value is -1.95. The summed E-state index contributed by atoms with van der Waals surface area (Å²) in [4.78, 5) is 23.1. The number of nitrogens with zero attached hydrogens (tertiary/aromatic N) is 2. The van der Waals surface area contributed by atoms with E-state index in [-0.39, 0.29) is 18.2 Å². The Kier molecular flexibility index (Phi) is 2.82. The molecule has 1 aromatic rings. The fourth-order valence-electron chi connectivity index (χ4n) is 1.57. The molecule has 0 bridgehead atoms. The van der Waals surface area contributed by atoms with Crippen LogP contribution in [0.2, 0.25) is 0 Å². The molecule has 1 aromatic carbocycles. The summed E-state index contributed by atoms with van der Waals surface area (Å²) in [5, 5.41) is 10.6. The SMILES string of the molecule is O=C1COCCN1c1cccc([N+](=O)[O-])c1. The van der Waals surface area contributed by atoms with Crippen molar-refractivity contribution in [2.24, 2.45) is 0 Å². The molecule has 1 amide bonds. The van der Waals surface area contributed by atoms with Crippen molar-refractivity contribution in [1.82, 2.24) is 0 Å². The van der Waals surface area contributed by atoms with Crippen LogP contribution in [0, 0.1) is 10.1 Å². The smallest absolute Gasteiger partial charge is 0.271 e. The highest BCUT2D eigenvalue weighted by Crippen LogP contribution is 2.22. The second kappa shape index (κ2) is 4.28. The molecular weight excluding hydrogens is 212 g/mol. The predicted octanol–water partition coefficient (Wildman–Crippen LogP) is 0.958. The monoisotopic (exact) mass is 222 g/mol. The summed E-state index contributed by atoms with van der Waals surface area (Å²) in [5.74, 6) is -0.174. The highest BCUT2D eigenvalue weighted by atomic mass is 16.6. The van der Waals surface area contributed by atoms with Crippen molar-refractivity contribution in [3.63, 3.8) is 0 Å². The number of carbonyl (C=O) groups excluding carboxylic acids is 1. The Morgan fingerprint density at radius 2 is 2.25 bits per heavy atom. The number of non-ortho nitro benzene ring substituents is 1. The first-order chi connectivity index (χ1) is 7.68. The van der Waals surface area contributed by atoms with E-state index in [0.717, 1.165) is 0 Å². The molecule has 1 heterocycles. The van der Waals surface area contributed by atoms with Gasteiger partial charge in [0.25, 0.3) is 11.6 Å². The molecule has 16 heavy (non-hydrogen) atoms. The van der Waals surface area contributed by atoms with Gasteiger partial charge in [0.15, 0.2) is 0 Å². The molecule has 0 N–H and O–H groups in total. The van der Waals surface area contributed by atoms with E-state index in [9.17, 15) is 14.9 Å². The van der Waals surface area contributed by atoms with Crippen molar-refractivity contribution in [3.05, 3.63) is 34.4 Å². The Bertz CT molecular complexity index is 433. The number of rotatable bonds is 2. The number of hydrogen-bond acceptors (Lipinski definition) is 4. The number of nitro groups is 1.